The van der Waals surface area contributed by atoms with E-state index in [4.69, 9.17) is 0 Å². The van der Waals surface area contributed by atoms with Crippen molar-refractivity contribution >= 4 is 33.2 Å². The van der Waals surface area contributed by atoms with Crippen molar-refractivity contribution in [2.24, 2.45) is 0 Å². The van der Waals surface area contributed by atoms with Gasteiger partial charge in [-0.25, -0.2) is 13.1 Å². The first kappa shape index (κ1) is 24.7. The highest BCUT2D eigenvalue weighted by Gasteiger charge is 2.22. The summed E-state index contributed by atoms with van der Waals surface area (Å²) < 4.78 is 27.3. The summed E-state index contributed by atoms with van der Waals surface area (Å²) in [6.45, 7) is 9.18. The molecular weight excluding hydrogens is 440 g/mol. The minimum absolute atomic E-state index is 0.0689. The minimum atomic E-state index is -3.68. The molecule has 0 aromatic heterocycles. The van der Waals surface area contributed by atoms with Gasteiger partial charge in [0.05, 0.1) is 11.4 Å². The lowest BCUT2D eigenvalue weighted by atomic mass is 10.1. The summed E-state index contributed by atoms with van der Waals surface area (Å²) in [6, 6.07) is 11.4. The average molecular weight is 473 g/mol. The fraction of sp³-hybridized carbons (Fsp3) is 0.417. The SMILES string of the molecule is Cc1cc(NC(=O)CNC(=O)c2ccc(S(=O)(=O)NC(C)(C)C)cc2)ccc1N1CCCC1. The molecule has 3 N–H and O–H groups in total. The number of hydrogen-bond acceptors (Lipinski definition) is 5. The summed E-state index contributed by atoms with van der Waals surface area (Å²) in [7, 11) is -3.68. The van der Waals surface area contributed by atoms with E-state index in [1.807, 2.05) is 25.1 Å². The van der Waals surface area contributed by atoms with Crippen LogP contribution in [0.3, 0.4) is 0 Å². The molecule has 1 fully saturated rings. The molecule has 33 heavy (non-hydrogen) atoms. The summed E-state index contributed by atoms with van der Waals surface area (Å²) in [5, 5.41) is 5.36. The van der Waals surface area contributed by atoms with Gasteiger partial charge in [0, 0.05) is 35.6 Å². The lowest BCUT2D eigenvalue weighted by Gasteiger charge is -2.20. The van der Waals surface area contributed by atoms with E-state index >= 15 is 0 Å². The molecular formula is C24H32N4O4S. The van der Waals surface area contributed by atoms with Gasteiger partial charge in [-0.05, 0) is 88.6 Å². The average Bonchev–Trinajstić information content (AvgIpc) is 3.25. The largest absolute Gasteiger partial charge is 0.371 e. The Balaban J connectivity index is 1.54. The van der Waals surface area contributed by atoms with Crippen LogP contribution in [0.25, 0.3) is 0 Å². The van der Waals surface area contributed by atoms with Crippen LogP contribution in [0.2, 0.25) is 0 Å². The predicted molar refractivity (Wildman–Crippen MR) is 130 cm³/mol. The molecule has 0 saturated carbocycles. The van der Waals surface area contributed by atoms with Gasteiger partial charge in [0.2, 0.25) is 15.9 Å². The van der Waals surface area contributed by atoms with Crippen molar-refractivity contribution in [3.8, 4) is 0 Å². The van der Waals surface area contributed by atoms with Gasteiger partial charge >= 0.3 is 0 Å². The number of carbonyl (C=O) groups is 2. The molecule has 0 aliphatic carbocycles. The molecule has 1 saturated heterocycles. The second kappa shape index (κ2) is 9.93. The topological polar surface area (TPSA) is 108 Å². The van der Waals surface area contributed by atoms with Crippen molar-refractivity contribution in [2.45, 2.75) is 51.0 Å². The van der Waals surface area contributed by atoms with Gasteiger partial charge in [-0.2, -0.15) is 0 Å². The lowest BCUT2D eigenvalue weighted by Crippen LogP contribution is -2.40. The van der Waals surface area contributed by atoms with E-state index in [9.17, 15) is 18.0 Å². The molecule has 0 atom stereocenters. The summed E-state index contributed by atoms with van der Waals surface area (Å²) in [5.74, 6) is -0.802. The second-order valence-electron chi connectivity index (χ2n) is 9.31. The maximum absolute atomic E-state index is 12.4. The van der Waals surface area contributed by atoms with Gasteiger partial charge in [0.25, 0.3) is 5.91 Å². The molecule has 1 heterocycles. The van der Waals surface area contributed by atoms with Crippen LogP contribution in [0.1, 0.15) is 49.5 Å². The van der Waals surface area contributed by atoms with Crippen molar-refractivity contribution in [3.05, 3.63) is 53.6 Å². The summed E-state index contributed by atoms with van der Waals surface area (Å²) in [5.41, 5.74) is 2.60. The number of nitrogens with one attached hydrogen (secondary N) is 3. The van der Waals surface area contributed by atoms with Gasteiger partial charge in [0.1, 0.15) is 0 Å². The number of amides is 2. The van der Waals surface area contributed by atoms with E-state index in [1.165, 1.54) is 42.8 Å². The van der Waals surface area contributed by atoms with Crippen LogP contribution in [0.4, 0.5) is 11.4 Å². The molecule has 0 radical (unpaired) electrons. The third kappa shape index (κ3) is 6.79. The van der Waals surface area contributed by atoms with Crippen molar-refractivity contribution in [1.82, 2.24) is 10.0 Å². The van der Waals surface area contributed by atoms with E-state index in [1.54, 1.807) is 20.8 Å². The maximum Gasteiger partial charge on any atom is 0.251 e. The molecule has 2 aromatic rings. The first-order chi connectivity index (χ1) is 15.4. The Kier molecular flexibility index (Phi) is 7.44. The highest BCUT2D eigenvalue weighted by Crippen LogP contribution is 2.26. The van der Waals surface area contributed by atoms with Crippen LogP contribution in [-0.2, 0) is 14.8 Å². The molecule has 9 heteroatoms. The summed E-state index contributed by atoms with van der Waals surface area (Å²) >= 11 is 0. The molecule has 0 unspecified atom stereocenters. The number of sulfonamides is 1. The van der Waals surface area contributed by atoms with E-state index in [0.717, 1.165) is 18.7 Å². The van der Waals surface area contributed by atoms with Gasteiger partial charge in [0.15, 0.2) is 0 Å². The molecule has 2 amide bonds. The highest BCUT2D eigenvalue weighted by molar-refractivity contribution is 7.89. The van der Waals surface area contributed by atoms with Crippen LogP contribution in [-0.4, -0.2) is 45.4 Å². The van der Waals surface area contributed by atoms with E-state index < -0.39 is 21.5 Å². The molecule has 3 rings (SSSR count). The van der Waals surface area contributed by atoms with Crippen LogP contribution in [0, 0.1) is 6.92 Å². The van der Waals surface area contributed by atoms with E-state index in [-0.39, 0.29) is 22.9 Å². The molecule has 8 nitrogen and oxygen atoms in total. The van der Waals surface area contributed by atoms with Gasteiger partial charge in [-0.15, -0.1) is 0 Å². The van der Waals surface area contributed by atoms with Crippen molar-refractivity contribution in [1.29, 1.82) is 0 Å². The Morgan fingerprint density at radius 3 is 2.21 bits per heavy atom. The number of anilines is 2. The van der Waals surface area contributed by atoms with Crippen molar-refractivity contribution in [2.75, 3.05) is 29.9 Å². The van der Waals surface area contributed by atoms with Gasteiger partial charge < -0.3 is 15.5 Å². The first-order valence-electron chi connectivity index (χ1n) is 11.0. The predicted octanol–water partition coefficient (Wildman–Crippen LogP) is 3.04. The Labute approximate surface area is 195 Å². The molecule has 1 aliphatic heterocycles. The highest BCUT2D eigenvalue weighted by atomic mass is 32.2. The number of hydrogen-bond donors (Lipinski definition) is 3. The third-order valence-electron chi connectivity index (χ3n) is 5.20. The third-order valence-corrected chi connectivity index (χ3v) is 6.98. The quantitative estimate of drug-likeness (QED) is 0.574. The number of aryl methyl sites for hydroxylation is 1. The summed E-state index contributed by atoms with van der Waals surface area (Å²) in [6.07, 6.45) is 2.40. The van der Waals surface area contributed by atoms with Crippen LogP contribution in [0.15, 0.2) is 47.4 Å². The Morgan fingerprint density at radius 2 is 1.64 bits per heavy atom. The monoisotopic (exact) mass is 472 g/mol. The molecule has 2 aromatic carbocycles. The van der Waals surface area contributed by atoms with E-state index in [2.05, 4.69) is 20.3 Å². The van der Waals surface area contributed by atoms with Gasteiger partial charge in [-0.3, -0.25) is 9.59 Å². The van der Waals surface area contributed by atoms with Gasteiger partial charge in [-0.1, -0.05) is 0 Å². The number of rotatable bonds is 7. The normalized spacial score (nSPS) is 14.2. The molecule has 0 bridgehead atoms. The number of benzene rings is 2. The standard InChI is InChI=1S/C24H32N4O4S/c1-17-15-19(9-12-21(17)28-13-5-6-14-28)26-22(29)16-25-23(30)18-7-10-20(11-8-18)33(31,32)27-24(2,3)4/h7-12,15,27H,5-6,13-14,16H2,1-4H3,(H,25,30)(H,26,29). The fourth-order valence-corrected chi connectivity index (χ4v) is 5.18. The smallest absolute Gasteiger partial charge is 0.251 e. The zero-order chi connectivity index (χ0) is 24.2. The zero-order valence-corrected chi connectivity index (χ0v) is 20.4. The molecule has 178 valence electrons. The second-order valence-corrected chi connectivity index (χ2v) is 11.0. The molecule has 0 spiro atoms. The van der Waals surface area contributed by atoms with Crippen LogP contribution < -0.4 is 20.3 Å². The maximum atomic E-state index is 12.4. The Hall–Kier alpha value is -2.91. The van der Waals surface area contributed by atoms with Crippen LogP contribution in [0.5, 0.6) is 0 Å². The Morgan fingerprint density at radius 1 is 1.00 bits per heavy atom. The molecule has 1 aliphatic rings. The Bertz CT molecular complexity index is 1120. The number of nitrogens with zero attached hydrogens (tertiary/aromatic N) is 1. The van der Waals surface area contributed by atoms with Crippen molar-refractivity contribution < 1.29 is 18.0 Å². The fourth-order valence-electron chi connectivity index (χ4n) is 3.76. The zero-order valence-electron chi connectivity index (χ0n) is 19.6. The van der Waals surface area contributed by atoms with Crippen LogP contribution >= 0.6 is 0 Å². The van der Waals surface area contributed by atoms with E-state index in [0.29, 0.717) is 5.69 Å². The minimum Gasteiger partial charge on any atom is -0.371 e. The van der Waals surface area contributed by atoms with Crippen molar-refractivity contribution in [3.63, 3.8) is 0 Å². The first-order valence-corrected chi connectivity index (χ1v) is 12.5. The number of carbonyl (C=O) groups excluding carboxylic acids is 2. The summed E-state index contributed by atoms with van der Waals surface area (Å²) in [4.78, 5) is 27.1. The lowest BCUT2D eigenvalue weighted by molar-refractivity contribution is -0.115.